The molecule has 1 unspecified atom stereocenters. The van der Waals surface area contributed by atoms with Crippen molar-refractivity contribution < 1.29 is 14.3 Å². The van der Waals surface area contributed by atoms with Gasteiger partial charge in [0, 0.05) is 24.5 Å². The lowest BCUT2D eigenvalue weighted by Gasteiger charge is -2.18. The Morgan fingerprint density at radius 1 is 1.23 bits per heavy atom. The van der Waals surface area contributed by atoms with Crippen LogP contribution in [0.4, 0.5) is 5.69 Å². The molecule has 0 spiro atoms. The highest BCUT2D eigenvalue weighted by atomic mass is 35.5. The maximum absolute atomic E-state index is 12.4. The zero-order valence-corrected chi connectivity index (χ0v) is 15.7. The van der Waals surface area contributed by atoms with Gasteiger partial charge in [-0.05, 0) is 35.9 Å². The number of carbonyl (C=O) groups is 2. The van der Waals surface area contributed by atoms with Crippen molar-refractivity contribution >= 4 is 40.7 Å². The van der Waals surface area contributed by atoms with Gasteiger partial charge < -0.3 is 15.0 Å². The molecule has 2 aromatic carbocycles. The van der Waals surface area contributed by atoms with Crippen LogP contribution in [0.15, 0.2) is 42.5 Å². The van der Waals surface area contributed by atoms with Crippen molar-refractivity contribution in [3.05, 3.63) is 58.1 Å². The van der Waals surface area contributed by atoms with E-state index in [1.54, 1.807) is 25.3 Å². The third kappa shape index (κ3) is 4.11. The number of halogens is 2. The number of amides is 2. The van der Waals surface area contributed by atoms with Crippen LogP contribution in [-0.4, -0.2) is 25.5 Å². The molecular weight excluding hydrogens is 375 g/mol. The Hall–Kier alpha value is -2.24. The van der Waals surface area contributed by atoms with E-state index < -0.39 is 5.92 Å². The SMILES string of the molecule is COc1ccc(CNC(=O)C2CC(=O)N(c3ccc(Cl)cc3Cl)C2)cc1. The van der Waals surface area contributed by atoms with E-state index in [9.17, 15) is 9.59 Å². The van der Waals surface area contributed by atoms with Crippen molar-refractivity contribution in [2.45, 2.75) is 13.0 Å². The van der Waals surface area contributed by atoms with Crippen molar-refractivity contribution in [2.75, 3.05) is 18.6 Å². The Bertz CT molecular complexity index is 824. The fourth-order valence-corrected chi connectivity index (χ4v) is 3.40. The second-order valence-electron chi connectivity index (χ2n) is 6.07. The van der Waals surface area contributed by atoms with E-state index in [1.807, 2.05) is 24.3 Å². The fourth-order valence-electron chi connectivity index (χ4n) is 2.89. The fraction of sp³-hybridized carbons (Fsp3) is 0.263. The first kappa shape index (κ1) is 18.5. The first-order chi connectivity index (χ1) is 12.5. The number of methoxy groups -OCH3 is 1. The molecule has 1 aliphatic heterocycles. The van der Waals surface area contributed by atoms with Gasteiger partial charge in [0.25, 0.3) is 0 Å². The summed E-state index contributed by atoms with van der Waals surface area (Å²) in [6, 6.07) is 12.4. The minimum absolute atomic E-state index is 0.126. The van der Waals surface area contributed by atoms with Gasteiger partial charge in [0.15, 0.2) is 0 Å². The number of nitrogens with one attached hydrogen (secondary N) is 1. The zero-order chi connectivity index (χ0) is 18.7. The van der Waals surface area contributed by atoms with Crippen molar-refractivity contribution in [3.63, 3.8) is 0 Å². The van der Waals surface area contributed by atoms with Gasteiger partial charge in [-0.1, -0.05) is 35.3 Å². The van der Waals surface area contributed by atoms with Crippen LogP contribution < -0.4 is 15.0 Å². The van der Waals surface area contributed by atoms with Gasteiger partial charge in [0.1, 0.15) is 5.75 Å². The molecule has 26 heavy (non-hydrogen) atoms. The Labute approximate surface area is 161 Å². The van der Waals surface area contributed by atoms with E-state index in [-0.39, 0.29) is 18.2 Å². The number of benzene rings is 2. The van der Waals surface area contributed by atoms with E-state index in [1.165, 1.54) is 4.90 Å². The summed E-state index contributed by atoms with van der Waals surface area (Å²) in [5.74, 6) is 0.0741. The van der Waals surface area contributed by atoms with Gasteiger partial charge in [-0.3, -0.25) is 9.59 Å². The minimum atomic E-state index is -0.410. The topological polar surface area (TPSA) is 58.6 Å². The monoisotopic (exact) mass is 392 g/mol. The second kappa shape index (κ2) is 7.98. The number of rotatable bonds is 5. The summed E-state index contributed by atoms with van der Waals surface area (Å²) < 4.78 is 5.11. The summed E-state index contributed by atoms with van der Waals surface area (Å²) in [5.41, 5.74) is 1.53. The van der Waals surface area contributed by atoms with Gasteiger partial charge in [-0.25, -0.2) is 0 Å². The number of nitrogens with zero attached hydrogens (tertiary/aromatic N) is 1. The Kier molecular flexibility index (Phi) is 5.69. The van der Waals surface area contributed by atoms with Gasteiger partial charge in [-0.2, -0.15) is 0 Å². The lowest BCUT2D eigenvalue weighted by atomic mass is 10.1. The third-order valence-electron chi connectivity index (χ3n) is 4.32. The molecule has 1 saturated heterocycles. The smallest absolute Gasteiger partial charge is 0.227 e. The molecule has 2 aromatic rings. The highest BCUT2D eigenvalue weighted by Crippen LogP contribution is 2.33. The summed E-state index contributed by atoms with van der Waals surface area (Å²) >= 11 is 12.1. The van der Waals surface area contributed by atoms with Crippen LogP contribution >= 0.6 is 23.2 Å². The van der Waals surface area contributed by atoms with E-state index in [4.69, 9.17) is 27.9 Å². The summed E-state index contributed by atoms with van der Waals surface area (Å²) in [5, 5.41) is 3.77. The molecule has 0 bridgehead atoms. The average Bonchev–Trinajstić information content (AvgIpc) is 3.02. The molecule has 0 aromatic heterocycles. The van der Waals surface area contributed by atoms with Crippen molar-refractivity contribution in [2.24, 2.45) is 5.92 Å². The zero-order valence-electron chi connectivity index (χ0n) is 14.2. The first-order valence-corrected chi connectivity index (χ1v) is 8.89. The summed E-state index contributed by atoms with van der Waals surface area (Å²) in [7, 11) is 1.60. The summed E-state index contributed by atoms with van der Waals surface area (Å²) in [6.07, 6.45) is 0.160. The molecule has 7 heteroatoms. The van der Waals surface area contributed by atoms with E-state index in [2.05, 4.69) is 5.32 Å². The summed E-state index contributed by atoms with van der Waals surface area (Å²) in [4.78, 5) is 26.3. The van der Waals surface area contributed by atoms with E-state index in [0.29, 0.717) is 28.8 Å². The molecule has 1 heterocycles. The van der Waals surface area contributed by atoms with Crippen LogP contribution in [0.2, 0.25) is 10.0 Å². The van der Waals surface area contributed by atoms with Crippen molar-refractivity contribution in [1.29, 1.82) is 0 Å². The predicted molar refractivity (Wildman–Crippen MR) is 102 cm³/mol. The maximum Gasteiger partial charge on any atom is 0.227 e. The molecule has 3 rings (SSSR count). The van der Waals surface area contributed by atoms with Crippen LogP contribution in [-0.2, 0) is 16.1 Å². The molecule has 1 atom stereocenters. The number of carbonyl (C=O) groups excluding carboxylic acids is 2. The molecule has 1 N–H and O–H groups in total. The molecule has 0 aliphatic carbocycles. The Morgan fingerprint density at radius 2 is 1.96 bits per heavy atom. The molecule has 5 nitrogen and oxygen atoms in total. The molecule has 136 valence electrons. The first-order valence-electron chi connectivity index (χ1n) is 8.14. The molecule has 0 radical (unpaired) electrons. The maximum atomic E-state index is 12.4. The third-order valence-corrected chi connectivity index (χ3v) is 4.86. The highest BCUT2D eigenvalue weighted by molar-refractivity contribution is 6.36. The minimum Gasteiger partial charge on any atom is -0.497 e. The van der Waals surface area contributed by atoms with Crippen LogP contribution in [0, 0.1) is 5.92 Å². The molecule has 0 saturated carbocycles. The lowest BCUT2D eigenvalue weighted by Crippen LogP contribution is -2.32. The number of anilines is 1. The standard InChI is InChI=1S/C19H18Cl2N2O3/c1-26-15-5-2-12(3-6-15)10-22-19(25)13-8-18(24)23(11-13)17-7-4-14(20)9-16(17)21/h2-7,9,13H,8,10-11H2,1H3,(H,22,25). The molecule has 1 fully saturated rings. The summed E-state index contributed by atoms with van der Waals surface area (Å²) in [6.45, 7) is 0.698. The predicted octanol–water partition coefficient (Wildman–Crippen LogP) is 3.67. The number of ether oxygens (including phenoxy) is 1. The number of hydrogen-bond donors (Lipinski definition) is 1. The van der Waals surface area contributed by atoms with Gasteiger partial charge in [-0.15, -0.1) is 0 Å². The van der Waals surface area contributed by atoms with Crippen molar-refractivity contribution in [1.82, 2.24) is 5.32 Å². The Balaban J connectivity index is 1.61. The molecule has 1 aliphatic rings. The quantitative estimate of drug-likeness (QED) is 0.844. The van der Waals surface area contributed by atoms with Gasteiger partial charge in [0.2, 0.25) is 11.8 Å². The molecular formula is C19H18Cl2N2O3. The highest BCUT2D eigenvalue weighted by Gasteiger charge is 2.35. The lowest BCUT2D eigenvalue weighted by molar-refractivity contribution is -0.126. The number of hydrogen-bond acceptors (Lipinski definition) is 3. The van der Waals surface area contributed by atoms with Crippen molar-refractivity contribution in [3.8, 4) is 5.75 Å². The van der Waals surface area contributed by atoms with E-state index in [0.717, 1.165) is 11.3 Å². The largest absolute Gasteiger partial charge is 0.497 e. The normalized spacial score (nSPS) is 16.7. The van der Waals surface area contributed by atoms with Crippen LogP contribution in [0.25, 0.3) is 0 Å². The van der Waals surface area contributed by atoms with Crippen LogP contribution in [0.5, 0.6) is 5.75 Å². The molecule has 2 amide bonds. The van der Waals surface area contributed by atoms with Crippen LogP contribution in [0.3, 0.4) is 0 Å². The second-order valence-corrected chi connectivity index (χ2v) is 6.91. The van der Waals surface area contributed by atoms with Gasteiger partial charge in [0.05, 0.1) is 23.7 Å². The van der Waals surface area contributed by atoms with Gasteiger partial charge >= 0.3 is 0 Å². The Morgan fingerprint density at radius 3 is 2.62 bits per heavy atom. The average molecular weight is 393 g/mol. The van der Waals surface area contributed by atoms with E-state index >= 15 is 0 Å². The van der Waals surface area contributed by atoms with Crippen LogP contribution in [0.1, 0.15) is 12.0 Å².